The van der Waals surface area contributed by atoms with Crippen molar-refractivity contribution in [2.75, 3.05) is 0 Å². The monoisotopic (exact) mass is 403 g/mol. The number of halogens is 2. The van der Waals surface area contributed by atoms with E-state index in [1.54, 1.807) is 36.4 Å². The van der Waals surface area contributed by atoms with Crippen molar-refractivity contribution in [2.45, 2.75) is 26.3 Å². The van der Waals surface area contributed by atoms with Crippen LogP contribution in [-0.4, -0.2) is 16.0 Å². The number of nitrogens with zero attached hydrogens (tertiary/aromatic N) is 2. The van der Waals surface area contributed by atoms with Gasteiger partial charge in [-0.3, -0.25) is 4.79 Å². The molecule has 0 saturated heterocycles. The highest BCUT2D eigenvalue weighted by Crippen LogP contribution is 2.27. The van der Waals surface area contributed by atoms with E-state index in [2.05, 4.69) is 15.5 Å². The molecule has 0 fully saturated rings. The van der Waals surface area contributed by atoms with Crippen LogP contribution in [0, 0.1) is 5.92 Å². The smallest absolute Gasteiger partial charge is 0.253 e. The average molecular weight is 404 g/mol. The van der Waals surface area contributed by atoms with Crippen LogP contribution in [-0.2, 0) is 0 Å². The molecule has 2 aromatic carbocycles. The van der Waals surface area contributed by atoms with Gasteiger partial charge in [0.25, 0.3) is 5.91 Å². The Labute approximate surface area is 167 Å². The summed E-state index contributed by atoms with van der Waals surface area (Å²) in [5, 5.41) is 8.04. The summed E-state index contributed by atoms with van der Waals surface area (Å²) in [6.45, 7) is 4.06. The van der Waals surface area contributed by atoms with E-state index >= 15 is 0 Å². The minimum absolute atomic E-state index is 0.0926. The van der Waals surface area contributed by atoms with Crippen molar-refractivity contribution in [3.8, 4) is 11.4 Å². The zero-order chi connectivity index (χ0) is 19.4. The Morgan fingerprint density at radius 3 is 2.52 bits per heavy atom. The van der Waals surface area contributed by atoms with E-state index in [0.717, 1.165) is 12.0 Å². The van der Waals surface area contributed by atoms with Gasteiger partial charge in [-0.1, -0.05) is 60.8 Å². The van der Waals surface area contributed by atoms with Crippen LogP contribution in [0.1, 0.15) is 42.6 Å². The van der Waals surface area contributed by atoms with Crippen LogP contribution in [0.3, 0.4) is 0 Å². The second kappa shape index (κ2) is 8.55. The van der Waals surface area contributed by atoms with E-state index < -0.39 is 6.04 Å². The molecule has 3 aromatic rings. The van der Waals surface area contributed by atoms with E-state index in [-0.39, 0.29) is 11.8 Å². The molecule has 0 aliphatic rings. The number of hydrogen-bond donors (Lipinski definition) is 1. The van der Waals surface area contributed by atoms with Crippen molar-refractivity contribution in [1.82, 2.24) is 15.5 Å². The van der Waals surface area contributed by atoms with Crippen LogP contribution in [0.2, 0.25) is 10.0 Å². The van der Waals surface area contributed by atoms with Crippen molar-refractivity contribution in [2.24, 2.45) is 5.92 Å². The summed E-state index contributed by atoms with van der Waals surface area (Å²) < 4.78 is 5.46. The number of benzene rings is 2. The van der Waals surface area contributed by atoms with Crippen molar-refractivity contribution >= 4 is 29.1 Å². The van der Waals surface area contributed by atoms with Gasteiger partial charge in [-0.25, -0.2) is 0 Å². The van der Waals surface area contributed by atoms with Gasteiger partial charge < -0.3 is 9.84 Å². The van der Waals surface area contributed by atoms with Crippen molar-refractivity contribution < 1.29 is 9.32 Å². The summed E-state index contributed by atoms with van der Waals surface area (Å²) in [6, 6.07) is 13.6. The van der Waals surface area contributed by atoms with Crippen molar-refractivity contribution in [3.63, 3.8) is 0 Å². The molecule has 0 aliphatic carbocycles. The number of amides is 1. The quantitative estimate of drug-likeness (QED) is 0.584. The summed E-state index contributed by atoms with van der Waals surface area (Å²) in [7, 11) is 0. The third-order valence-electron chi connectivity index (χ3n) is 4.43. The fourth-order valence-electron chi connectivity index (χ4n) is 2.63. The van der Waals surface area contributed by atoms with Crippen LogP contribution in [0.4, 0.5) is 0 Å². The topological polar surface area (TPSA) is 68.0 Å². The van der Waals surface area contributed by atoms with E-state index in [1.165, 1.54) is 0 Å². The van der Waals surface area contributed by atoms with Gasteiger partial charge >= 0.3 is 0 Å². The molecule has 7 heteroatoms. The van der Waals surface area contributed by atoms with E-state index in [0.29, 0.717) is 27.3 Å². The summed E-state index contributed by atoms with van der Waals surface area (Å²) >= 11 is 12.1. The third kappa shape index (κ3) is 4.49. The lowest BCUT2D eigenvalue weighted by molar-refractivity contribution is 0.0910. The SMILES string of the molecule is CCC(C)C(NC(=O)c1ccccc1Cl)c1nc(-c2ccc(Cl)cc2)no1. The first-order valence-electron chi connectivity index (χ1n) is 8.64. The maximum absolute atomic E-state index is 12.7. The van der Waals surface area contributed by atoms with Gasteiger partial charge in [0.2, 0.25) is 11.7 Å². The normalized spacial score (nSPS) is 13.2. The molecule has 2 unspecified atom stereocenters. The van der Waals surface area contributed by atoms with E-state index in [9.17, 15) is 4.79 Å². The highest BCUT2D eigenvalue weighted by atomic mass is 35.5. The molecule has 1 amide bonds. The van der Waals surface area contributed by atoms with Gasteiger partial charge in [-0.2, -0.15) is 4.98 Å². The highest BCUT2D eigenvalue weighted by molar-refractivity contribution is 6.33. The highest BCUT2D eigenvalue weighted by Gasteiger charge is 2.27. The lowest BCUT2D eigenvalue weighted by Gasteiger charge is -2.21. The van der Waals surface area contributed by atoms with Gasteiger partial charge in [-0.15, -0.1) is 0 Å². The molecule has 3 rings (SSSR count). The summed E-state index contributed by atoms with van der Waals surface area (Å²) in [6.07, 6.45) is 0.826. The molecule has 5 nitrogen and oxygen atoms in total. The molecule has 2 atom stereocenters. The fraction of sp³-hybridized carbons (Fsp3) is 0.250. The Balaban J connectivity index is 1.86. The third-order valence-corrected chi connectivity index (χ3v) is 5.01. The van der Waals surface area contributed by atoms with Gasteiger partial charge in [0.05, 0.1) is 10.6 Å². The van der Waals surface area contributed by atoms with Gasteiger partial charge in [0.1, 0.15) is 6.04 Å². The summed E-state index contributed by atoms with van der Waals surface area (Å²) in [4.78, 5) is 17.2. The minimum atomic E-state index is -0.424. The first-order valence-corrected chi connectivity index (χ1v) is 9.40. The maximum atomic E-state index is 12.7. The van der Waals surface area contributed by atoms with Gasteiger partial charge in [0.15, 0.2) is 0 Å². The predicted octanol–water partition coefficient (Wildman–Crippen LogP) is 5.56. The first-order chi connectivity index (χ1) is 13.0. The molecule has 1 N–H and O–H groups in total. The maximum Gasteiger partial charge on any atom is 0.253 e. The molecule has 27 heavy (non-hydrogen) atoms. The van der Waals surface area contributed by atoms with E-state index in [1.807, 2.05) is 26.0 Å². The number of nitrogens with one attached hydrogen (secondary N) is 1. The Morgan fingerprint density at radius 2 is 1.85 bits per heavy atom. The molecule has 0 bridgehead atoms. The Bertz CT molecular complexity index is 925. The minimum Gasteiger partial charge on any atom is -0.340 e. The second-order valence-electron chi connectivity index (χ2n) is 6.28. The van der Waals surface area contributed by atoms with E-state index in [4.69, 9.17) is 27.7 Å². The number of carbonyl (C=O) groups excluding carboxylic acids is 1. The molecule has 0 radical (unpaired) electrons. The van der Waals surface area contributed by atoms with Gasteiger partial charge in [-0.05, 0) is 42.3 Å². The molecular weight excluding hydrogens is 385 g/mol. The largest absolute Gasteiger partial charge is 0.340 e. The molecule has 0 saturated carbocycles. The Morgan fingerprint density at radius 1 is 1.15 bits per heavy atom. The number of hydrogen-bond acceptors (Lipinski definition) is 4. The van der Waals surface area contributed by atoms with Crippen molar-refractivity contribution in [3.05, 3.63) is 70.0 Å². The summed E-state index contributed by atoms with van der Waals surface area (Å²) in [5.74, 6) is 0.615. The van der Waals surface area contributed by atoms with Crippen LogP contribution in [0.15, 0.2) is 53.1 Å². The van der Waals surface area contributed by atoms with Crippen LogP contribution < -0.4 is 5.32 Å². The lowest BCUT2D eigenvalue weighted by atomic mass is 9.98. The fourth-order valence-corrected chi connectivity index (χ4v) is 2.97. The Hall–Kier alpha value is -2.37. The van der Waals surface area contributed by atoms with Crippen LogP contribution in [0.25, 0.3) is 11.4 Å². The summed E-state index contributed by atoms with van der Waals surface area (Å²) in [5.41, 5.74) is 1.19. The molecular formula is C20H19Cl2N3O2. The van der Waals surface area contributed by atoms with Gasteiger partial charge in [0, 0.05) is 10.6 Å². The number of rotatable bonds is 6. The first kappa shape index (κ1) is 19.4. The standard InChI is InChI=1S/C20H19Cl2N3O2/c1-3-12(2)17(23-19(26)15-6-4-5-7-16(15)22)20-24-18(25-27-20)13-8-10-14(21)11-9-13/h4-12,17H,3H2,1-2H3,(H,23,26). The molecule has 1 aromatic heterocycles. The number of carbonyl (C=O) groups is 1. The Kier molecular flexibility index (Phi) is 6.14. The van der Waals surface area contributed by atoms with Crippen LogP contribution >= 0.6 is 23.2 Å². The molecule has 0 aliphatic heterocycles. The average Bonchev–Trinajstić information content (AvgIpc) is 3.16. The van der Waals surface area contributed by atoms with Crippen molar-refractivity contribution in [1.29, 1.82) is 0 Å². The predicted molar refractivity (Wildman–Crippen MR) is 106 cm³/mol. The zero-order valence-corrected chi connectivity index (χ0v) is 16.5. The zero-order valence-electron chi connectivity index (χ0n) is 14.9. The lowest BCUT2D eigenvalue weighted by Crippen LogP contribution is -2.33. The molecule has 1 heterocycles. The second-order valence-corrected chi connectivity index (χ2v) is 7.12. The number of aromatic nitrogens is 2. The molecule has 140 valence electrons. The van der Waals surface area contributed by atoms with Crippen LogP contribution in [0.5, 0.6) is 0 Å². The molecule has 0 spiro atoms.